The van der Waals surface area contributed by atoms with Crippen LogP contribution in [-0.4, -0.2) is 20.8 Å². The maximum Gasteiger partial charge on any atom is 0.122 e. The highest BCUT2D eigenvalue weighted by Crippen LogP contribution is 2.38. The zero-order chi connectivity index (χ0) is 15.4. The van der Waals surface area contributed by atoms with Crippen LogP contribution in [0.15, 0.2) is 28.7 Å². The summed E-state index contributed by atoms with van der Waals surface area (Å²) in [6.07, 6.45) is 0. The molecule has 0 fully saturated rings. The molecular formula is C15H17BrClNO2S. The van der Waals surface area contributed by atoms with E-state index in [1.54, 1.807) is 25.6 Å². The number of hydrogen-bond acceptors (Lipinski definition) is 4. The van der Waals surface area contributed by atoms with Gasteiger partial charge >= 0.3 is 0 Å². The van der Waals surface area contributed by atoms with Crippen LogP contribution in [-0.2, 0) is 0 Å². The summed E-state index contributed by atoms with van der Waals surface area (Å²) in [7, 11) is 3.30. The van der Waals surface area contributed by atoms with Gasteiger partial charge in [-0.2, -0.15) is 0 Å². The Labute approximate surface area is 142 Å². The summed E-state index contributed by atoms with van der Waals surface area (Å²) < 4.78 is 12.4. The molecule has 0 radical (unpaired) electrons. The van der Waals surface area contributed by atoms with E-state index in [0.29, 0.717) is 0 Å². The Kier molecular flexibility index (Phi) is 5.93. The quantitative estimate of drug-likeness (QED) is 0.762. The van der Waals surface area contributed by atoms with Crippen LogP contribution in [0.1, 0.15) is 23.4 Å². The molecular weight excluding hydrogens is 374 g/mol. The summed E-state index contributed by atoms with van der Waals surface area (Å²) in [5.74, 6) is 1.54. The molecule has 1 N–H and O–H groups in total. The van der Waals surface area contributed by atoms with E-state index >= 15 is 0 Å². The maximum absolute atomic E-state index is 6.17. The molecule has 0 saturated carbocycles. The monoisotopic (exact) mass is 389 g/mol. The van der Waals surface area contributed by atoms with Gasteiger partial charge in [-0.3, -0.25) is 0 Å². The zero-order valence-corrected chi connectivity index (χ0v) is 15.2. The lowest BCUT2D eigenvalue weighted by atomic mass is 10.0. The number of methoxy groups -OCH3 is 2. The Morgan fingerprint density at radius 3 is 2.24 bits per heavy atom. The van der Waals surface area contributed by atoms with Crippen molar-refractivity contribution in [3.8, 4) is 11.5 Å². The third-order valence-corrected chi connectivity index (χ3v) is 5.60. The molecule has 0 saturated heterocycles. The van der Waals surface area contributed by atoms with Gasteiger partial charge in [0.2, 0.25) is 0 Å². The van der Waals surface area contributed by atoms with E-state index in [0.717, 1.165) is 37.3 Å². The molecule has 0 aliphatic heterocycles. The zero-order valence-electron chi connectivity index (χ0n) is 12.1. The number of nitrogens with one attached hydrogen (secondary N) is 1. The predicted molar refractivity (Wildman–Crippen MR) is 92.1 cm³/mol. The minimum absolute atomic E-state index is 0.0489. The smallest absolute Gasteiger partial charge is 0.122 e. The van der Waals surface area contributed by atoms with E-state index in [4.69, 9.17) is 21.1 Å². The van der Waals surface area contributed by atoms with E-state index in [1.165, 1.54) is 0 Å². The van der Waals surface area contributed by atoms with Crippen LogP contribution in [0, 0.1) is 0 Å². The molecule has 3 nitrogen and oxygen atoms in total. The average molecular weight is 391 g/mol. The Hall–Kier alpha value is -0.750. The first-order valence-corrected chi connectivity index (χ1v) is 8.48. The van der Waals surface area contributed by atoms with E-state index in [1.807, 2.05) is 24.3 Å². The van der Waals surface area contributed by atoms with E-state index < -0.39 is 0 Å². The van der Waals surface area contributed by atoms with Crippen molar-refractivity contribution in [2.45, 2.75) is 13.0 Å². The van der Waals surface area contributed by atoms with Crippen molar-refractivity contribution >= 4 is 38.9 Å². The molecule has 0 spiro atoms. The minimum atomic E-state index is 0.0489. The molecule has 2 aromatic rings. The van der Waals surface area contributed by atoms with Gasteiger partial charge in [0.15, 0.2) is 0 Å². The molecule has 1 heterocycles. The molecule has 0 aliphatic rings. The Morgan fingerprint density at radius 1 is 1.19 bits per heavy atom. The van der Waals surface area contributed by atoms with Gasteiger partial charge < -0.3 is 14.8 Å². The second-order valence-corrected chi connectivity index (χ2v) is 6.95. The lowest BCUT2D eigenvalue weighted by molar-refractivity contribution is 0.392. The molecule has 0 bridgehead atoms. The fraction of sp³-hybridized carbons (Fsp3) is 0.333. The van der Waals surface area contributed by atoms with E-state index in [2.05, 4.69) is 28.2 Å². The summed E-state index contributed by atoms with van der Waals surface area (Å²) in [5, 5.41) is 3.48. The third kappa shape index (κ3) is 3.92. The van der Waals surface area contributed by atoms with Crippen molar-refractivity contribution in [3.05, 3.63) is 43.5 Å². The van der Waals surface area contributed by atoms with E-state index in [-0.39, 0.29) is 6.04 Å². The topological polar surface area (TPSA) is 30.5 Å². The van der Waals surface area contributed by atoms with Gasteiger partial charge in [-0.05, 0) is 46.2 Å². The van der Waals surface area contributed by atoms with Crippen LogP contribution in [0.25, 0.3) is 0 Å². The number of halogens is 2. The molecule has 1 aromatic carbocycles. The molecule has 21 heavy (non-hydrogen) atoms. The average Bonchev–Trinajstić information content (AvgIpc) is 2.83. The summed E-state index contributed by atoms with van der Waals surface area (Å²) in [5.41, 5.74) is 1.08. The van der Waals surface area contributed by atoms with Crippen molar-refractivity contribution in [2.75, 3.05) is 20.8 Å². The Bertz CT molecular complexity index is 576. The van der Waals surface area contributed by atoms with Gasteiger partial charge in [0.05, 0.1) is 20.3 Å². The predicted octanol–water partition coefficient (Wildman–Crippen LogP) is 4.88. The van der Waals surface area contributed by atoms with Gasteiger partial charge in [-0.1, -0.05) is 18.5 Å². The van der Waals surface area contributed by atoms with Crippen LogP contribution >= 0.6 is 38.9 Å². The van der Waals surface area contributed by atoms with Crippen molar-refractivity contribution in [1.29, 1.82) is 0 Å². The van der Waals surface area contributed by atoms with Gasteiger partial charge in [-0.25, -0.2) is 0 Å². The second kappa shape index (κ2) is 7.49. The number of hydrogen-bond donors (Lipinski definition) is 1. The fourth-order valence-electron chi connectivity index (χ4n) is 2.09. The van der Waals surface area contributed by atoms with Gasteiger partial charge in [0, 0.05) is 15.4 Å². The lowest BCUT2D eigenvalue weighted by Crippen LogP contribution is -2.21. The van der Waals surface area contributed by atoms with Crippen LogP contribution in [0.4, 0.5) is 0 Å². The lowest BCUT2D eigenvalue weighted by Gasteiger charge is -2.18. The van der Waals surface area contributed by atoms with Gasteiger partial charge in [0.25, 0.3) is 0 Å². The highest BCUT2D eigenvalue weighted by Gasteiger charge is 2.19. The SMILES string of the molecule is CCNC(c1cc(OC)cc(OC)c1)c1cc(Br)c(Cl)s1. The summed E-state index contributed by atoms with van der Waals surface area (Å²) in [6, 6.07) is 7.98. The largest absolute Gasteiger partial charge is 0.497 e. The van der Waals surface area contributed by atoms with Crippen molar-refractivity contribution < 1.29 is 9.47 Å². The highest BCUT2D eigenvalue weighted by atomic mass is 79.9. The third-order valence-electron chi connectivity index (χ3n) is 3.06. The Balaban J connectivity index is 2.46. The second-order valence-electron chi connectivity index (χ2n) is 4.41. The molecule has 114 valence electrons. The van der Waals surface area contributed by atoms with Crippen LogP contribution in [0.5, 0.6) is 11.5 Å². The molecule has 6 heteroatoms. The van der Waals surface area contributed by atoms with Crippen molar-refractivity contribution in [2.24, 2.45) is 0 Å². The van der Waals surface area contributed by atoms with Crippen LogP contribution in [0.3, 0.4) is 0 Å². The van der Waals surface area contributed by atoms with Gasteiger partial charge in [-0.15, -0.1) is 11.3 Å². The first-order valence-electron chi connectivity index (χ1n) is 6.50. The normalized spacial score (nSPS) is 12.2. The minimum Gasteiger partial charge on any atom is -0.497 e. The maximum atomic E-state index is 6.17. The van der Waals surface area contributed by atoms with Gasteiger partial charge in [0.1, 0.15) is 15.8 Å². The molecule has 1 atom stereocenters. The highest BCUT2D eigenvalue weighted by molar-refractivity contribution is 9.10. The standard InChI is InChI=1S/C15H17BrClNO2S/c1-4-18-14(13-8-12(16)15(17)21-13)9-5-10(19-2)7-11(6-9)20-3/h5-8,14,18H,4H2,1-3H3. The summed E-state index contributed by atoms with van der Waals surface area (Å²) in [6.45, 7) is 2.92. The van der Waals surface area contributed by atoms with Crippen LogP contribution < -0.4 is 14.8 Å². The molecule has 0 amide bonds. The number of thiophene rings is 1. The van der Waals surface area contributed by atoms with Crippen molar-refractivity contribution in [3.63, 3.8) is 0 Å². The van der Waals surface area contributed by atoms with E-state index in [9.17, 15) is 0 Å². The summed E-state index contributed by atoms with van der Waals surface area (Å²) >= 11 is 11.2. The molecule has 1 aromatic heterocycles. The summed E-state index contributed by atoms with van der Waals surface area (Å²) in [4.78, 5) is 1.14. The Morgan fingerprint density at radius 2 is 1.81 bits per heavy atom. The number of benzene rings is 1. The molecule has 2 rings (SSSR count). The molecule has 0 aliphatic carbocycles. The number of rotatable bonds is 6. The van der Waals surface area contributed by atoms with Crippen molar-refractivity contribution in [1.82, 2.24) is 5.32 Å². The number of ether oxygens (including phenoxy) is 2. The van der Waals surface area contributed by atoms with Crippen LogP contribution in [0.2, 0.25) is 4.34 Å². The fourth-order valence-corrected chi connectivity index (χ4v) is 3.93. The molecule has 1 unspecified atom stereocenters. The first-order chi connectivity index (χ1) is 10.1. The first kappa shape index (κ1) is 16.6.